The fourth-order valence-electron chi connectivity index (χ4n) is 1.75. The summed E-state index contributed by atoms with van der Waals surface area (Å²) in [6, 6.07) is 7.50. The number of allylic oxidation sites excluding steroid dienone is 2. The third-order valence-electron chi connectivity index (χ3n) is 3.46. The van der Waals surface area contributed by atoms with E-state index in [9.17, 15) is 9.59 Å². The van der Waals surface area contributed by atoms with Gasteiger partial charge in [-0.25, -0.2) is 9.59 Å². The van der Waals surface area contributed by atoms with E-state index >= 15 is 0 Å². The molecule has 0 radical (unpaired) electrons. The molecule has 0 amide bonds. The molecule has 0 aliphatic heterocycles. The molecule has 0 saturated carbocycles. The maximum Gasteiger partial charge on any atom is 0.337 e. The Bertz CT molecular complexity index is 666. The molecule has 134 valence electrons. The molecule has 0 aliphatic rings. The summed E-state index contributed by atoms with van der Waals surface area (Å²) in [5, 5.41) is 0. The lowest BCUT2D eigenvalue weighted by molar-refractivity contribution is -0.141. The SMILES string of the molecule is C/C=C(/C)C(=O)OC/C(=C/C)C(=O)OC/C=C/c1ccc(OC)cc1. The van der Waals surface area contributed by atoms with Gasteiger partial charge in [0.25, 0.3) is 0 Å². The Hall–Kier alpha value is -2.82. The molecule has 0 saturated heterocycles. The summed E-state index contributed by atoms with van der Waals surface area (Å²) in [5.74, 6) is -0.175. The minimum atomic E-state index is -0.507. The van der Waals surface area contributed by atoms with Gasteiger partial charge in [0.15, 0.2) is 0 Å². The van der Waals surface area contributed by atoms with Gasteiger partial charge in [-0.15, -0.1) is 0 Å². The molecule has 0 atom stereocenters. The van der Waals surface area contributed by atoms with Crippen molar-refractivity contribution in [3.63, 3.8) is 0 Å². The lowest BCUT2D eigenvalue weighted by atomic mass is 10.2. The van der Waals surface area contributed by atoms with Crippen LogP contribution in [0, 0.1) is 0 Å². The molecule has 0 N–H and O–H groups in total. The smallest absolute Gasteiger partial charge is 0.337 e. The fraction of sp³-hybridized carbons (Fsp3) is 0.300. The third kappa shape index (κ3) is 7.08. The second kappa shape index (κ2) is 10.9. The van der Waals surface area contributed by atoms with Gasteiger partial charge in [0, 0.05) is 5.57 Å². The van der Waals surface area contributed by atoms with E-state index in [0.717, 1.165) is 11.3 Å². The fourth-order valence-corrected chi connectivity index (χ4v) is 1.75. The lowest BCUT2D eigenvalue weighted by Gasteiger charge is -2.08. The Morgan fingerprint density at radius 2 is 1.68 bits per heavy atom. The Kier molecular flexibility index (Phi) is 8.79. The molecule has 0 spiro atoms. The van der Waals surface area contributed by atoms with Gasteiger partial charge in [0.05, 0.1) is 12.7 Å². The quantitative estimate of drug-likeness (QED) is 0.531. The van der Waals surface area contributed by atoms with E-state index in [2.05, 4.69) is 0 Å². The van der Waals surface area contributed by atoms with Crippen LogP contribution in [-0.4, -0.2) is 32.3 Å². The van der Waals surface area contributed by atoms with Crippen molar-refractivity contribution in [3.8, 4) is 5.75 Å². The molecule has 0 fully saturated rings. The second-order valence-electron chi connectivity index (χ2n) is 5.14. The van der Waals surface area contributed by atoms with E-state index < -0.39 is 11.9 Å². The van der Waals surface area contributed by atoms with E-state index in [1.807, 2.05) is 30.3 Å². The van der Waals surface area contributed by atoms with Crippen LogP contribution in [0.3, 0.4) is 0 Å². The number of esters is 2. The molecule has 0 bridgehead atoms. The van der Waals surface area contributed by atoms with E-state index in [4.69, 9.17) is 14.2 Å². The zero-order valence-corrected chi connectivity index (χ0v) is 15.1. The van der Waals surface area contributed by atoms with Gasteiger partial charge in [-0.05, 0) is 44.5 Å². The zero-order valence-electron chi connectivity index (χ0n) is 15.1. The van der Waals surface area contributed by atoms with Gasteiger partial charge in [-0.1, -0.05) is 30.4 Å². The van der Waals surface area contributed by atoms with Crippen molar-refractivity contribution in [1.29, 1.82) is 0 Å². The molecule has 0 aromatic heterocycles. The van der Waals surface area contributed by atoms with Crippen molar-refractivity contribution in [1.82, 2.24) is 0 Å². The van der Waals surface area contributed by atoms with E-state index in [1.165, 1.54) is 0 Å². The van der Waals surface area contributed by atoms with Crippen LogP contribution in [0.4, 0.5) is 0 Å². The van der Waals surface area contributed by atoms with Crippen LogP contribution in [-0.2, 0) is 19.1 Å². The van der Waals surface area contributed by atoms with E-state index in [1.54, 1.807) is 46.1 Å². The number of carbonyl (C=O) groups excluding carboxylic acids is 2. The van der Waals surface area contributed by atoms with Crippen LogP contribution < -0.4 is 4.74 Å². The molecule has 25 heavy (non-hydrogen) atoms. The third-order valence-corrected chi connectivity index (χ3v) is 3.46. The van der Waals surface area contributed by atoms with Crippen LogP contribution in [0.15, 0.2) is 53.6 Å². The molecule has 5 heteroatoms. The second-order valence-corrected chi connectivity index (χ2v) is 5.14. The molecule has 0 aliphatic carbocycles. The molecule has 1 aromatic rings. The lowest BCUT2D eigenvalue weighted by Crippen LogP contribution is -2.16. The monoisotopic (exact) mass is 344 g/mol. The van der Waals surface area contributed by atoms with Crippen LogP contribution in [0.25, 0.3) is 6.08 Å². The summed E-state index contributed by atoms with van der Waals surface area (Å²) in [6.07, 6.45) is 6.81. The first-order chi connectivity index (χ1) is 12.0. The van der Waals surface area contributed by atoms with E-state index in [-0.39, 0.29) is 13.2 Å². The van der Waals surface area contributed by atoms with Crippen LogP contribution in [0.1, 0.15) is 26.3 Å². The largest absolute Gasteiger partial charge is 0.497 e. The predicted molar refractivity (Wildman–Crippen MR) is 97.1 cm³/mol. The van der Waals surface area contributed by atoms with Gasteiger partial charge >= 0.3 is 11.9 Å². The summed E-state index contributed by atoms with van der Waals surface area (Å²) in [6.45, 7) is 5.11. The number of ether oxygens (including phenoxy) is 3. The Labute approximate surface area is 148 Å². The van der Waals surface area contributed by atoms with Crippen molar-refractivity contribution in [3.05, 3.63) is 59.2 Å². The highest BCUT2D eigenvalue weighted by Crippen LogP contribution is 2.12. The standard InChI is InChI=1S/C20H24O5/c1-5-15(3)19(21)25-14-17(6-2)20(22)24-13-7-8-16-9-11-18(23-4)12-10-16/h5-12H,13-14H2,1-4H3/b8-7+,15-5-,17-6-. The molecule has 1 rings (SSSR count). The van der Waals surface area contributed by atoms with Crippen LogP contribution in [0.2, 0.25) is 0 Å². The first-order valence-electron chi connectivity index (χ1n) is 7.94. The van der Waals surface area contributed by atoms with Crippen molar-refractivity contribution >= 4 is 18.0 Å². The van der Waals surface area contributed by atoms with Crippen LogP contribution >= 0.6 is 0 Å². The highest BCUT2D eigenvalue weighted by atomic mass is 16.5. The summed E-state index contributed by atoms with van der Waals surface area (Å²) >= 11 is 0. The Balaban J connectivity index is 2.45. The van der Waals surface area contributed by atoms with Crippen molar-refractivity contribution < 1.29 is 23.8 Å². The molecule has 1 aromatic carbocycles. The van der Waals surface area contributed by atoms with Gasteiger partial charge in [0.1, 0.15) is 19.0 Å². The number of hydrogen-bond acceptors (Lipinski definition) is 5. The molecule has 0 heterocycles. The number of methoxy groups -OCH3 is 1. The summed E-state index contributed by atoms with van der Waals surface area (Å²) in [7, 11) is 1.61. The minimum Gasteiger partial charge on any atom is -0.497 e. The summed E-state index contributed by atoms with van der Waals surface area (Å²) < 4.78 is 15.3. The summed E-state index contributed by atoms with van der Waals surface area (Å²) in [5.41, 5.74) is 1.76. The van der Waals surface area contributed by atoms with Crippen LogP contribution in [0.5, 0.6) is 5.75 Å². The first-order valence-corrected chi connectivity index (χ1v) is 7.94. The predicted octanol–water partition coefficient (Wildman–Crippen LogP) is 3.71. The molecule has 5 nitrogen and oxygen atoms in total. The number of hydrogen-bond donors (Lipinski definition) is 0. The van der Waals surface area contributed by atoms with Crippen molar-refractivity contribution in [2.75, 3.05) is 20.3 Å². The summed E-state index contributed by atoms with van der Waals surface area (Å²) in [4.78, 5) is 23.6. The Morgan fingerprint density at radius 3 is 2.24 bits per heavy atom. The zero-order chi connectivity index (χ0) is 18.7. The van der Waals surface area contributed by atoms with Crippen molar-refractivity contribution in [2.45, 2.75) is 20.8 Å². The van der Waals surface area contributed by atoms with Gasteiger partial charge in [-0.3, -0.25) is 0 Å². The number of benzene rings is 1. The normalized spacial score (nSPS) is 12.2. The topological polar surface area (TPSA) is 61.8 Å². The van der Waals surface area contributed by atoms with Gasteiger partial charge in [0.2, 0.25) is 0 Å². The Morgan fingerprint density at radius 1 is 1.00 bits per heavy atom. The first kappa shape index (κ1) is 20.2. The maximum absolute atomic E-state index is 12.0. The molecule has 0 unspecified atom stereocenters. The van der Waals surface area contributed by atoms with E-state index in [0.29, 0.717) is 11.1 Å². The van der Waals surface area contributed by atoms with Gasteiger partial charge in [-0.2, -0.15) is 0 Å². The van der Waals surface area contributed by atoms with Crippen molar-refractivity contribution in [2.24, 2.45) is 0 Å². The highest BCUT2D eigenvalue weighted by molar-refractivity contribution is 5.91. The molecular weight excluding hydrogens is 320 g/mol. The number of carbonyl (C=O) groups is 2. The van der Waals surface area contributed by atoms with Gasteiger partial charge < -0.3 is 14.2 Å². The maximum atomic E-state index is 12.0. The molecular formula is C20H24O5. The highest BCUT2D eigenvalue weighted by Gasteiger charge is 2.13. The minimum absolute atomic E-state index is 0.110. The number of rotatable bonds is 8. The average molecular weight is 344 g/mol. The average Bonchev–Trinajstić information content (AvgIpc) is 2.65.